The van der Waals surface area contributed by atoms with Gasteiger partial charge in [-0.15, -0.1) is 0 Å². The summed E-state index contributed by atoms with van der Waals surface area (Å²) in [5.74, 6) is -0.304. The first-order chi connectivity index (χ1) is 15.9. The molecule has 4 rings (SSSR count). The second-order valence-corrected chi connectivity index (χ2v) is 7.36. The van der Waals surface area contributed by atoms with E-state index in [4.69, 9.17) is 10.5 Å². The average molecular weight is 470 g/mol. The average Bonchev–Trinajstić information content (AvgIpc) is 3.13. The Bertz CT molecular complexity index is 1480. The number of hydrogen-bond donors (Lipinski definition) is 4. The van der Waals surface area contributed by atoms with E-state index >= 15 is 0 Å². The lowest BCUT2D eigenvalue weighted by Crippen LogP contribution is -2.16. The lowest BCUT2D eigenvalue weighted by Gasteiger charge is -2.10. The number of nitrogens with two attached hydrogens (primary N) is 1. The zero-order valence-electron chi connectivity index (χ0n) is 17.1. The van der Waals surface area contributed by atoms with E-state index in [9.17, 15) is 18.0 Å². The van der Waals surface area contributed by atoms with Gasteiger partial charge in [-0.2, -0.15) is 0 Å². The van der Waals surface area contributed by atoms with E-state index in [1.165, 1.54) is 11.7 Å². The standard InChI is InChI=1S/C20H18N6O6S/c1-31-14-8-3-2-7-13(14)26-19-16(24-20(26)28)15(17(21)27)23-18(25-19)11-5-4-6-12(9-11)22-10-32-33(29)30/h2-9,22,33H,10H2,1H3,(H2,21,27)(H,24,28). The van der Waals surface area contributed by atoms with Gasteiger partial charge in [0, 0.05) is 11.3 Å². The Hall–Kier alpha value is -4.23. The molecular formula is C20H18N6O6S. The number of ether oxygens (including phenoxy) is 1. The van der Waals surface area contributed by atoms with Crippen LogP contribution in [-0.2, 0) is 15.2 Å². The Morgan fingerprint density at radius 3 is 2.70 bits per heavy atom. The molecule has 0 saturated heterocycles. The summed E-state index contributed by atoms with van der Waals surface area (Å²) < 4.78 is 32.3. The number of anilines is 1. The molecule has 170 valence electrons. The van der Waals surface area contributed by atoms with Crippen LogP contribution in [0.3, 0.4) is 0 Å². The van der Waals surface area contributed by atoms with Crippen LogP contribution in [0, 0.1) is 0 Å². The van der Waals surface area contributed by atoms with Crippen LogP contribution in [0.4, 0.5) is 5.69 Å². The minimum absolute atomic E-state index is 0.0871. The Balaban J connectivity index is 1.89. The highest BCUT2D eigenvalue weighted by atomic mass is 32.2. The van der Waals surface area contributed by atoms with Crippen molar-refractivity contribution in [3.63, 3.8) is 0 Å². The highest BCUT2D eigenvalue weighted by Gasteiger charge is 2.21. The van der Waals surface area contributed by atoms with Crippen molar-refractivity contribution in [3.05, 3.63) is 64.7 Å². The maximum atomic E-state index is 12.8. The molecule has 2 heterocycles. The number of benzene rings is 2. The first kappa shape index (κ1) is 22.0. The number of fused-ring (bicyclic) bond motifs is 1. The van der Waals surface area contributed by atoms with Crippen molar-refractivity contribution in [2.75, 3.05) is 19.2 Å². The predicted octanol–water partition coefficient (Wildman–Crippen LogP) is 0.796. The highest BCUT2D eigenvalue weighted by Crippen LogP contribution is 2.27. The molecule has 0 aliphatic rings. The number of carbonyl (C=O) groups excluding carboxylic acids is 1. The third-order valence-corrected chi connectivity index (χ3v) is 5.00. The number of hydrogen-bond acceptors (Lipinski definition) is 9. The Morgan fingerprint density at radius 2 is 1.97 bits per heavy atom. The lowest BCUT2D eigenvalue weighted by molar-refractivity contribution is 0.0997. The number of thiol groups is 1. The summed E-state index contributed by atoms with van der Waals surface area (Å²) in [6.45, 7) is -0.264. The van der Waals surface area contributed by atoms with Crippen LogP contribution >= 0.6 is 0 Å². The molecular weight excluding hydrogens is 452 g/mol. The lowest BCUT2D eigenvalue weighted by atomic mass is 10.2. The molecule has 0 aliphatic heterocycles. The number of primary amides is 1. The second kappa shape index (κ2) is 9.10. The molecule has 33 heavy (non-hydrogen) atoms. The van der Waals surface area contributed by atoms with E-state index in [0.717, 1.165) is 0 Å². The van der Waals surface area contributed by atoms with Crippen LogP contribution in [0.5, 0.6) is 5.75 Å². The van der Waals surface area contributed by atoms with Gasteiger partial charge in [0.05, 0.1) is 12.8 Å². The smallest absolute Gasteiger partial charge is 0.332 e. The number of aromatic amines is 1. The number of imidazole rings is 1. The summed E-state index contributed by atoms with van der Waals surface area (Å²) >= 11 is 0. The molecule has 0 unspecified atom stereocenters. The largest absolute Gasteiger partial charge is 0.495 e. The molecule has 4 aromatic rings. The van der Waals surface area contributed by atoms with Gasteiger partial charge in [0.1, 0.15) is 18.0 Å². The van der Waals surface area contributed by atoms with Gasteiger partial charge in [-0.3, -0.25) is 8.98 Å². The van der Waals surface area contributed by atoms with Gasteiger partial charge in [0.15, 0.2) is 17.2 Å². The van der Waals surface area contributed by atoms with Crippen molar-refractivity contribution in [2.24, 2.45) is 5.73 Å². The van der Waals surface area contributed by atoms with Crippen LogP contribution in [0.2, 0.25) is 0 Å². The molecule has 0 bridgehead atoms. The quantitative estimate of drug-likeness (QED) is 0.215. The summed E-state index contributed by atoms with van der Waals surface area (Å²) in [6.07, 6.45) is 0. The monoisotopic (exact) mass is 470 g/mol. The fraction of sp³-hybridized carbons (Fsp3) is 0.100. The number of para-hydroxylation sites is 2. The van der Waals surface area contributed by atoms with E-state index < -0.39 is 22.6 Å². The van der Waals surface area contributed by atoms with Crippen LogP contribution in [0.15, 0.2) is 53.3 Å². The van der Waals surface area contributed by atoms with Gasteiger partial charge in [-0.25, -0.2) is 27.7 Å². The number of nitrogens with one attached hydrogen (secondary N) is 2. The Labute approximate surface area is 188 Å². The summed E-state index contributed by atoms with van der Waals surface area (Å²) in [6, 6.07) is 13.5. The zero-order valence-corrected chi connectivity index (χ0v) is 18.0. The third-order valence-electron chi connectivity index (χ3n) is 4.66. The molecule has 0 saturated carbocycles. The Morgan fingerprint density at radius 1 is 1.18 bits per heavy atom. The normalized spacial score (nSPS) is 11.1. The van der Waals surface area contributed by atoms with E-state index in [1.54, 1.807) is 48.5 Å². The molecule has 0 fully saturated rings. The number of methoxy groups -OCH3 is 1. The van der Waals surface area contributed by atoms with E-state index in [-0.39, 0.29) is 29.4 Å². The van der Waals surface area contributed by atoms with Gasteiger partial charge >= 0.3 is 5.69 Å². The molecule has 0 spiro atoms. The van der Waals surface area contributed by atoms with E-state index in [0.29, 0.717) is 22.7 Å². The second-order valence-electron chi connectivity index (χ2n) is 6.65. The molecule has 12 nitrogen and oxygen atoms in total. The predicted molar refractivity (Wildman–Crippen MR) is 120 cm³/mol. The number of amides is 1. The van der Waals surface area contributed by atoms with Gasteiger partial charge < -0.3 is 20.8 Å². The third kappa shape index (κ3) is 4.40. The Kier molecular flexibility index (Phi) is 6.06. The SMILES string of the molecule is COc1ccccc1-n1c(=O)[nH]c2c(C(N)=O)nc(-c3cccc(NCO[SH](=O)=O)c3)nc21. The molecule has 13 heteroatoms. The van der Waals surface area contributed by atoms with Gasteiger partial charge in [0.2, 0.25) is 0 Å². The fourth-order valence-corrected chi connectivity index (χ4v) is 3.44. The van der Waals surface area contributed by atoms with E-state index in [1.807, 2.05) is 0 Å². The van der Waals surface area contributed by atoms with E-state index in [2.05, 4.69) is 24.5 Å². The summed E-state index contributed by atoms with van der Waals surface area (Å²) in [7, 11) is -1.52. The molecule has 0 atom stereocenters. The first-order valence-electron chi connectivity index (χ1n) is 9.46. The summed E-state index contributed by atoms with van der Waals surface area (Å²) in [5.41, 5.74) is 6.45. The van der Waals surface area contributed by atoms with Gasteiger partial charge in [-0.1, -0.05) is 24.3 Å². The van der Waals surface area contributed by atoms with Crippen LogP contribution in [-0.4, -0.2) is 47.7 Å². The van der Waals surface area contributed by atoms with Crippen molar-refractivity contribution in [1.29, 1.82) is 0 Å². The molecule has 4 N–H and O–H groups in total. The van der Waals surface area contributed by atoms with Gasteiger partial charge in [-0.05, 0) is 24.3 Å². The number of H-pyrrole nitrogens is 1. The number of carbonyl (C=O) groups is 1. The minimum atomic E-state index is -2.99. The highest BCUT2D eigenvalue weighted by molar-refractivity contribution is 7.67. The maximum absolute atomic E-state index is 12.8. The molecule has 2 aromatic carbocycles. The topological polar surface area (TPSA) is 171 Å². The van der Waals surface area contributed by atoms with Crippen molar-refractivity contribution in [3.8, 4) is 22.8 Å². The molecule has 0 aliphatic carbocycles. The van der Waals surface area contributed by atoms with Crippen molar-refractivity contribution in [2.45, 2.75) is 0 Å². The molecule has 0 radical (unpaired) electrons. The van der Waals surface area contributed by atoms with Crippen molar-refractivity contribution >= 4 is 33.7 Å². The maximum Gasteiger partial charge on any atom is 0.332 e. The number of aromatic nitrogens is 4. The first-order valence-corrected chi connectivity index (χ1v) is 10.6. The van der Waals surface area contributed by atoms with Crippen LogP contribution in [0.1, 0.15) is 10.5 Å². The van der Waals surface area contributed by atoms with Crippen molar-refractivity contribution in [1.82, 2.24) is 19.5 Å². The van der Waals surface area contributed by atoms with Crippen molar-refractivity contribution < 1.29 is 22.1 Å². The molecule has 2 aromatic heterocycles. The number of rotatable bonds is 8. The minimum Gasteiger partial charge on any atom is -0.495 e. The summed E-state index contributed by atoms with van der Waals surface area (Å²) in [5, 5.41) is 2.79. The van der Waals surface area contributed by atoms with Crippen LogP contribution in [0.25, 0.3) is 28.2 Å². The zero-order chi connectivity index (χ0) is 23.5. The molecule has 1 amide bonds. The fourth-order valence-electron chi connectivity index (χ4n) is 3.27. The number of nitrogens with zero attached hydrogens (tertiary/aromatic N) is 3. The summed E-state index contributed by atoms with van der Waals surface area (Å²) in [4.78, 5) is 36.3. The van der Waals surface area contributed by atoms with Gasteiger partial charge in [0.25, 0.3) is 16.9 Å². The van der Waals surface area contributed by atoms with Crippen LogP contribution < -0.4 is 21.5 Å².